The van der Waals surface area contributed by atoms with E-state index in [-0.39, 0.29) is 11.9 Å². The first-order chi connectivity index (χ1) is 9.78. The Morgan fingerprint density at radius 3 is 2.95 bits per heavy atom. The van der Waals surface area contributed by atoms with E-state index in [1.807, 2.05) is 24.3 Å². The quantitative estimate of drug-likeness (QED) is 0.782. The molecule has 0 saturated carbocycles. The van der Waals surface area contributed by atoms with Crippen molar-refractivity contribution in [3.8, 4) is 0 Å². The van der Waals surface area contributed by atoms with Crippen molar-refractivity contribution in [1.29, 1.82) is 0 Å². The zero-order valence-electron chi connectivity index (χ0n) is 11.5. The molecule has 0 bridgehead atoms. The molecule has 1 aliphatic rings. The highest BCUT2D eigenvalue weighted by molar-refractivity contribution is 5.76. The molecule has 1 saturated heterocycles. The van der Waals surface area contributed by atoms with E-state index in [0.29, 0.717) is 6.54 Å². The van der Waals surface area contributed by atoms with Gasteiger partial charge in [-0.2, -0.15) is 0 Å². The summed E-state index contributed by atoms with van der Waals surface area (Å²) in [6, 6.07) is 7.80. The molecule has 20 heavy (non-hydrogen) atoms. The van der Waals surface area contributed by atoms with E-state index in [9.17, 15) is 4.79 Å². The Morgan fingerprint density at radius 1 is 1.35 bits per heavy atom. The molecule has 104 valence electrons. The lowest BCUT2D eigenvalue weighted by Gasteiger charge is -2.32. The fraction of sp³-hybridized carbons (Fsp3) is 0.400. The van der Waals surface area contributed by atoms with Gasteiger partial charge in [-0.3, -0.25) is 9.78 Å². The summed E-state index contributed by atoms with van der Waals surface area (Å²) in [7, 11) is 1.44. The van der Waals surface area contributed by atoms with Gasteiger partial charge in [0.1, 0.15) is 5.82 Å². The maximum atomic E-state index is 11.7. The number of fused-ring (bicyclic) bond motifs is 1. The SMILES string of the molecule is COC(=O)C1CCCN(c2cnc3ccccc3n2)C1. The second kappa shape index (κ2) is 5.45. The van der Waals surface area contributed by atoms with E-state index in [0.717, 1.165) is 36.2 Å². The Balaban J connectivity index is 1.84. The number of carbonyl (C=O) groups is 1. The molecular weight excluding hydrogens is 254 g/mol. The zero-order chi connectivity index (χ0) is 13.9. The Hall–Kier alpha value is -2.17. The van der Waals surface area contributed by atoms with Crippen molar-refractivity contribution in [3.63, 3.8) is 0 Å². The van der Waals surface area contributed by atoms with Crippen LogP contribution in [0.1, 0.15) is 12.8 Å². The average Bonchev–Trinajstić information content (AvgIpc) is 2.53. The van der Waals surface area contributed by atoms with Gasteiger partial charge in [0.2, 0.25) is 0 Å². The van der Waals surface area contributed by atoms with E-state index in [2.05, 4.69) is 14.9 Å². The van der Waals surface area contributed by atoms with Gasteiger partial charge in [0.05, 0.1) is 30.3 Å². The van der Waals surface area contributed by atoms with Gasteiger partial charge < -0.3 is 9.64 Å². The predicted molar refractivity (Wildman–Crippen MR) is 76.5 cm³/mol. The zero-order valence-corrected chi connectivity index (χ0v) is 11.5. The van der Waals surface area contributed by atoms with Gasteiger partial charge in [0.25, 0.3) is 0 Å². The summed E-state index contributed by atoms with van der Waals surface area (Å²) >= 11 is 0. The third kappa shape index (κ3) is 2.43. The van der Waals surface area contributed by atoms with Gasteiger partial charge in [0.15, 0.2) is 0 Å². The maximum absolute atomic E-state index is 11.7. The summed E-state index contributed by atoms with van der Waals surface area (Å²) in [6.45, 7) is 1.56. The molecule has 1 aromatic carbocycles. The lowest BCUT2D eigenvalue weighted by molar-refractivity contribution is -0.145. The van der Waals surface area contributed by atoms with E-state index < -0.39 is 0 Å². The van der Waals surface area contributed by atoms with Crippen LogP contribution in [0.5, 0.6) is 0 Å². The molecule has 0 aliphatic carbocycles. The Bertz CT molecular complexity index is 629. The first-order valence-corrected chi connectivity index (χ1v) is 6.82. The molecule has 1 atom stereocenters. The van der Waals surface area contributed by atoms with Crippen LogP contribution >= 0.6 is 0 Å². The molecule has 3 rings (SSSR count). The topological polar surface area (TPSA) is 55.3 Å². The minimum atomic E-state index is -0.136. The lowest BCUT2D eigenvalue weighted by atomic mass is 9.98. The van der Waals surface area contributed by atoms with Crippen LogP contribution in [0.25, 0.3) is 11.0 Å². The number of hydrogen-bond donors (Lipinski definition) is 0. The molecule has 1 aliphatic heterocycles. The minimum absolute atomic E-state index is 0.0676. The van der Waals surface area contributed by atoms with Crippen LogP contribution in [0.4, 0.5) is 5.82 Å². The van der Waals surface area contributed by atoms with Crippen molar-refractivity contribution in [2.24, 2.45) is 5.92 Å². The van der Waals surface area contributed by atoms with Crippen molar-refractivity contribution in [3.05, 3.63) is 30.5 Å². The molecule has 1 fully saturated rings. The van der Waals surface area contributed by atoms with Crippen LogP contribution < -0.4 is 4.90 Å². The third-order valence-corrected chi connectivity index (χ3v) is 3.72. The van der Waals surface area contributed by atoms with Crippen LogP contribution in [0, 0.1) is 5.92 Å². The highest BCUT2D eigenvalue weighted by Crippen LogP contribution is 2.23. The highest BCUT2D eigenvalue weighted by Gasteiger charge is 2.27. The molecule has 1 unspecified atom stereocenters. The van der Waals surface area contributed by atoms with Crippen LogP contribution in [0.15, 0.2) is 30.5 Å². The largest absolute Gasteiger partial charge is 0.469 e. The monoisotopic (exact) mass is 271 g/mol. The number of hydrogen-bond acceptors (Lipinski definition) is 5. The van der Waals surface area contributed by atoms with Crippen molar-refractivity contribution in [1.82, 2.24) is 9.97 Å². The van der Waals surface area contributed by atoms with Crippen molar-refractivity contribution in [2.45, 2.75) is 12.8 Å². The molecule has 2 heterocycles. The summed E-state index contributed by atoms with van der Waals surface area (Å²) < 4.78 is 4.84. The minimum Gasteiger partial charge on any atom is -0.469 e. The Kier molecular flexibility index (Phi) is 3.50. The van der Waals surface area contributed by atoms with E-state index in [4.69, 9.17) is 4.74 Å². The smallest absolute Gasteiger partial charge is 0.310 e. The van der Waals surface area contributed by atoms with Gasteiger partial charge >= 0.3 is 5.97 Å². The number of ether oxygens (including phenoxy) is 1. The second-order valence-corrected chi connectivity index (χ2v) is 5.03. The number of piperidine rings is 1. The summed E-state index contributed by atoms with van der Waals surface area (Å²) in [5.41, 5.74) is 1.77. The normalized spacial score (nSPS) is 19.1. The Morgan fingerprint density at radius 2 is 2.15 bits per heavy atom. The summed E-state index contributed by atoms with van der Waals surface area (Å²) in [5.74, 6) is 0.628. The molecule has 1 aromatic heterocycles. The maximum Gasteiger partial charge on any atom is 0.310 e. The number of aromatic nitrogens is 2. The number of para-hydroxylation sites is 2. The second-order valence-electron chi connectivity index (χ2n) is 5.03. The number of nitrogens with zero attached hydrogens (tertiary/aromatic N) is 3. The van der Waals surface area contributed by atoms with Crippen molar-refractivity contribution in [2.75, 3.05) is 25.1 Å². The number of benzene rings is 1. The molecule has 5 nitrogen and oxygen atoms in total. The number of anilines is 1. The standard InChI is InChI=1S/C15H17N3O2/c1-20-15(19)11-5-4-8-18(10-11)14-9-16-12-6-2-3-7-13(12)17-14/h2-3,6-7,9,11H,4-5,8,10H2,1H3. The highest BCUT2D eigenvalue weighted by atomic mass is 16.5. The number of methoxy groups -OCH3 is 1. The van der Waals surface area contributed by atoms with Gasteiger partial charge in [0, 0.05) is 13.1 Å². The van der Waals surface area contributed by atoms with E-state index >= 15 is 0 Å². The van der Waals surface area contributed by atoms with E-state index in [1.54, 1.807) is 6.20 Å². The van der Waals surface area contributed by atoms with E-state index in [1.165, 1.54) is 7.11 Å². The first-order valence-electron chi connectivity index (χ1n) is 6.82. The summed E-state index contributed by atoms with van der Waals surface area (Å²) in [5, 5.41) is 0. The third-order valence-electron chi connectivity index (χ3n) is 3.72. The first kappa shape index (κ1) is 12.8. The summed E-state index contributed by atoms with van der Waals surface area (Å²) in [4.78, 5) is 22.8. The predicted octanol–water partition coefficient (Wildman–Crippen LogP) is 2.02. The summed E-state index contributed by atoms with van der Waals surface area (Å²) in [6.07, 6.45) is 3.63. The molecular formula is C15H17N3O2. The van der Waals surface area contributed by atoms with Crippen molar-refractivity contribution >= 4 is 22.8 Å². The molecule has 5 heteroatoms. The molecule has 2 aromatic rings. The van der Waals surface area contributed by atoms with Crippen LogP contribution in [0.3, 0.4) is 0 Å². The molecule has 0 amide bonds. The molecule has 0 N–H and O–H groups in total. The van der Waals surface area contributed by atoms with Crippen LogP contribution in [-0.2, 0) is 9.53 Å². The Labute approximate surface area is 117 Å². The number of rotatable bonds is 2. The van der Waals surface area contributed by atoms with Crippen molar-refractivity contribution < 1.29 is 9.53 Å². The number of esters is 1. The van der Waals surface area contributed by atoms with Gasteiger partial charge in [-0.05, 0) is 25.0 Å². The molecule has 0 radical (unpaired) electrons. The average molecular weight is 271 g/mol. The molecule has 0 spiro atoms. The number of carbonyl (C=O) groups excluding carboxylic acids is 1. The lowest BCUT2D eigenvalue weighted by Crippen LogP contribution is -2.39. The van der Waals surface area contributed by atoms with Crippen LogP contribution in [-0.4, -0.2) is 36.1 Å². The van der Waals surface area contributed by atoms with Crippen LogP contribution in [0.2, 0.25) is 0 Å². The van der Waals surface area contributed by atoms with Gasteiger partial charge in [-0.25, -0.2) is 4.98 Å². The fourth-order valence-corrected chi connectivity index (χ4v) is 2.64. The van der Waals surface area contributed by atoms with Gasteiger partial charge in [-0.1, -0.05) is 12.1 Å². The fourth-order valence-electron chi connectivity index (χ4n) is 2.64. The van der Waals surface area contributed by atoms with Gasteiger partial charge in [-0.15, -0.1) is 0 Å².